The molecule has 0 saturated carbocycles. The molecule has 0 amide bonds. The Bertz CT molecular complexity index is 1020. The molecular formula is C24H21ClN2S. The van der Waals surface area contributed by atoms with Gasteiger partial charge in [-0.2, -0.15) is 0 Å². The van der Waals surface area contributed by atoms with Crippen molar-refractivity contribution in [2.24, 2.45) is 0 Å². The number of halogens is 1. The van der Waals surface area contributed by atoms with Crippen molar-refractivity contribution in [2.75, 3.05) is 0 Å². The molecule has 4 heteroatoms. The highest BCUT2D eigenvalue weighted by atomic mass is 35.5. The van der Waals surface area contributed by atoms with Gasteiger partial charge in [0.05, 0.1) is 10.6 Å². The van der Waals surface area contributed by atoms with Crippen LogP contribution >= 0.6 is 22.9 Å². The number of thiazole rings is 1. The lowest BCUT2D eigenvalue weighted by Crippen LogP contribution is -1.90. The van der Waals surface area contributed by atoms with Crippen molar-refractivity contribution >= 4 is 22.9 Å². The Morgan fingerprint density at radius 2 is 1.64 bits per heavy atom. The summed E-state index contributed by atoms with van der Waals surface area (Å²) in [5.74, 6) is 0. The number of aryl methyl sites for hydroxylation is 2. The number of nitrogens with zero attached hydrogens (tertiary/aromatic N) is 2. The number of rotatable bonds is 5. The van der Waals surface area contributed by atoms with E-state index >= 15 is 0 Å². The third kappa shape index (κ3) is 3.87. The molecule has 0 radical (unpaired) electrons. The Morgan fingerprint density at radius 1 is 0.929 bits per heavy atom. The van der Waals surface area contributed by atoms with Crippen molar-refractivity contribution in [3.8, 4) is 32.3 Å². The first kappa shape index (κ1) is 18.9. The van der Waals surface area contributed by atoms with Crippen LogP contribution < -0.4 is 0 Å². The Kier molecular flexibility index (Phi) is 5.56. The fraction of sp³-hybridized carbons (Fsp3) is 0.167. The summed E-state index contributed by atoms with van der Waals surface area (Å²) in [4.78, 5) is 10.6. The molecule has 4 aromatic rings. The molecule has 0 saturated heterocycles. The summed E-state index contributed by atoms with van der Waals surface area (Å²) in [6, 6.07) is 18.6. The van der Waals surface area contributed by atoms with Crippen LogP contribution in [0.5, 0.6) is 0 Å². The van der Waals surface area contributed by atoms with E-state index in [0.29, 0.717) is 0 Å². The number of pyridine rings is 1. The molecule has 0 bridgehead atoms. The van der Waals surface area contributed by atoms with E-state index in [1.807, 2.05) is 36.7 Å². The van der Waals surface area contributed by atoms with Crippen molar-refractivity contribution in [3.05, 3.63) is 83.1 Å². The maximum Gasteiger partial charge on any atom is 0.126 e. The van der Waals surface area contributed by atoms with Crippen LogP contribution in [-0.2, 0) is 6.42 Å². The van der Waals surface area contributed by atoms with Crippen molar-refractivity contribution < 1.29 is 0 Å². The SMILES string of the molecule is CCCc1ccncc1-c1nc(-c2ccc(Cl)cc2)c(-c2ccc(C)cc2)s1. The van der Waals surface area contributed by atoms with Crippen molar-refractivity contribution in [1.82, 2.24) is 9.97 Å². The first-order valence-corrected chi connectivity index (χ1v) is 10.6. The Labute approximate surface area is 174 Å². The van der Waals surface area contributed by atoms with E-state index in [2.05, 4.69) is 49.2 Å². The predicted octanol–water partition coefficient (Wildman–Crippen LogP) is 7.45. The van der Waals surface area contributed by atoms with E-state index in [1.54, 1.807) is 11.3 Å². The van der Waals surface area contributed by atoms with Crippen LogP contribution in [0.1, 0.15) is 24.5 Å². The zero-order valence-electron chi connectivity index (χ0n) is 15.9. The average Bonchev–Trinajstić information content (AvgIpc) is 3.15. The Morgan fingerprint density at radius 3 is 2.36 bits per heavy atom. The summed E-state index contributed by atoms with van der Waals surface area (Å²) >= 11 is 7.83. The van der Waals surface area contributed by atoms with Gasteiger partial charge in [-0.15, -0.1) is 11.3 Å². The third-order valence-electron chi connectivity index (χ3n) is 4.72. The van der Waals surface area contributed by atoms with Gasteiger partial charge in [-0.05, 0) is 42.7 Å². The molecule has 2 heterocycles. The van der Waals surface area contributed by atoms with Crippen LogP contribution in [-0.4, -0.2) is 9.97 Å². The summed E-state index contributed by atoms with van der Waals surface area (Å²) in [7, 11) is 0. The quantitative estimate of drug-likeness (QED) is 0.345. The monoisotopic (exact) mass is 404 g/mol. The van der Waals surface area contributed by atoms with Crippen molar-refractivity contribution in [2.45, 2.75) is 26.7 Å². The molecule has 0 atom stereocenters. The molecule has 2 aromatic carbocycles. The molecule has 28 heavy (non-hydrogen) atoms. The van der Waals surface area contributed by atoms with Gasteiger partial charge < -0.3 is 0 Å². The average molecular weight is 405 g/mol. The second-order valence-electron chi connectivity index (χ2n) is 6.85. The lowest BCUT2D eigenvalue weighted by atomic mass is 10.0. The van der Waals surface area contributed by atoms with E-state index in [9.17, 15) is 0 Å². The Hall–Kier alpha value is -2.49. The minimum absolute atomic E-state index is 0.730. The van der Waals surface area contributed by atoms with Crippen LogP contribution in [0, 0.1) is 6.92 Å². The highest BCUT2D eigenvalue weighted by Gasteiger charge is 2.18. The number of aromatic nitrogens is 2. The van der Waals surface area contributed by atoms with Gasteiger partial charge in [0.25, 0.3) is 0 Å². The van der Waals surface area contributed by atoms with E-state index in [4.69, 9.17) is 16.6 Å². The lowest BCUT2D eigenvalue weighted by Gasteiger charge is -2.04. The Balaban J connectivity index is 1.89. The largest absolute Gasteiger partial charge is 0.264 e. The van der Waals surface area contributed by atoms with Crippen LogP contribution in [0.2, 0.25) is 5.02 Å². The summed E-state index contributed by atoms with van der Waals surface area (Å²) < 4.78 is 0. The standard InChI is InChI=1S/C24H21ClN2S/c1-3-4-17-13-14-26-15-21(17)24-27-22(18-9-11-20(25)12-10-18)23(28-24)19-7-5-16(2)6-8-19/h5-15H,3-4H2,1-2H3. The van der Waals surface area contributed by atoms with Gasteiger partial charge in [0, 0.05) is 28.5 Å². The minimum atomic E-state index is 0.730. The number of hydrogen-bond acceptors (Lipinski definition) is 3. The topological polar surface area (TPSA) is 25.8 Å². The molecule has 0 unspecified atom stereocenters. The summed E-state index contributed by atoms with van der Waals surface area (Å²) in [6.45, 7) is 4.30. The van der Waals surface area contributed by atoms with Crippen LogP contribution in [0.3, 0.4) is 0 Å². The molecular weight excluding hydrogens is 384 g/mol. The number of benzene rings is 2. The molecule has 2 nitrogen and oxygen atoms in total. The van der Waals surface area contributed by atoms with Gasteiger partial charge in [-0.1, -0.05) is 66.9 Å². The highest BCUT2D eigenvalue weighted by molar-refractivity contribution is 7.19. The van der Waals surface area contributed by atoms with Crippen LogP contribution in [0.25, 0.3) is 32.3 Å². The molecule has 0 fully saturated rings. The number of hydrogen-bond donors (Lipinski definition) is 0. The fourth-order valence-corrected chi connectivity index (χ4v) is 4.51. The molecule has 0 spiro atoms. The zero-order valence-corrected chi connectivity index (χ0v) is 17.5. The van der Waals surface area contributed by atoms with Gasteiger partial charge in [-0.3, -0.25) is 4.98 Å². The first-order valence-electron chi connectivity index (χ1n) is 9.42. The molecule has 140 valence electrons. The van der Waals surface area contributed by atoms with E-state index < -0.39 is 0 Å². The van der Waals surface area contributed by atoms with Gasteiger partial charge in [0.2, 0.25) is 0 Å². The summed E-state index contributed by atoms with van der Waals surface area (Å²) in [5.41, 5.74) is 6.92. The van der Waals surface area contributed by atoms with Crippen molar-refractivity contribution in [3.63, 3.8) is 0 Å². The predicted molar refractivity (Wildman–Crippen MR) is 120 cm³/mol. The highest BCUT2D eigenvalue weighted by Crippen LogP contribution is 2.41. The summed E-state index contributed by atoms with van der Waals surface area (Å²) in [5, 5.41) is 1.74. The molecule has 0 N–H and O–H groups in total. The minimum Gasteiger partial charge on any atom is -0.264 e. The van der Waals surface area contributed by atoms with Crippen molar-refractivity contribution in [1.29, 1.82) is 0 Å². The van der Waals surface area contributed by atoms with E-state index in [1.165, 1.54) is 21.6 Å². The van der Waals surface area contributed by atoms with E-state index in [0.717, 1.165) is 39.7 Å². The summed E-state index contributed by atoms with van der Waals surface area (Å²) in [6.07, 6.45) is 5.92. The molecule has 0 aliphatic heterocycles. The molecule has 4 rings (SSSR count). The smallest absolute Gasteiger partial charge is 0.126 e. The first-order chi connectivity index (χ1) is 13.7. The van der Waals surface area contributed by atoms with Crippen LogP contribution in [0.15, 0.2) is 67.0 Å². The lowest BCUT2D eigenvalue weighted by molar-refractivity contribution is 0.920. The maximum atomic E-state index is 6.10. The van der Waals surface area contributed by atoms with Crippen LogP contribution in [0.4, 0.5) is 0 Å². The zero-order chi connectivity index (χ0) is 19.5. The normalized spacial score (nSPS) is 11.0. The second kappa shape index (κ2) is 8.26. The van der Waals surface area contributed by atoms with Gasteiger partial charge in [0.1, 0.15) is 5.01 Å². The third-order valence-corrected chi connectivity index (χ3v) is 6.11. The van der Waals surface area contributed by atoms with Gasteiger partial charge >= 0.3 is 0 Å². The molecule has 2 aromatic heterocycles. The van der Waals surface area contributed by atoms with Gasteiger partial charge in [-0.25, -0.2) is 4.98 Å². The van der Waals surface area contributed by atoms with E-state index in [-0.39, 0.29) is 0 Å². The maximum absolute atomic E-state index is 6.10. The second-order valence-corrected chi connectivity index (χ2v) is 8.29. The fourth-order valence-electron chi connectivity index (χ4n) is 3.24. The molecule has 0 aliphatic carbocycles. The molecule has 0 aliphatic rings. The van der Waals surface area contributed by atoms with Gasteiger partial charge in [0.15, 0.2) is 0 Å².